The van der Waals surface area contributed by atoms with E-state index in [4.69, 9.17) is 4.74 Å². The van der Waals surface area contributed by atoms with Gasteiger partial charge in [0.1, 0.15) is 5.01 Å². The van der Waals surface area contributed by atoms with E-state index in [2.05, 4.69) is 32.7 Å². The summed E-state index contributed by atoms with van der Waals surface area (Å²) < 4.78 is 44.1. The number of halogens is 4. The van der Waals surface area contributed by atoms with Crippen LogP contribution < -0.4 is 10.6 Å². The van der Waals surface area contributed by atoms with E-state index in [0.29, 0.717) is 24.1 Å². The Labute approximate surface area is 195 Å². The highest BCUT2D eigenvalue weighted by Gasteiger charge is 2.33. The number of ether oxygens (including phenoxy) is 1. The lowest BCUT2D eigenvalue weighted by Crippen LogP contribution is -2.42. The van der Waals surface area contributed by atoms with Crippen LogP contribution in [0.1, 0.15) is 42.1 Å². The van der Waals surface area contributed by atoms with Crippen molar-refractivity contribution in [3.8, 4) is 0 Å². The van der Waals surface area contributed by atoms with Gasteiger partial charge in [0.15, 0.2) is 11.7 Å². The zero-order valence-corrected chi connectivity index (χ0v) is 19.8. The number of hydrogen-bond donors (Lipinski definition) is 2. The standard InChI is InChI=1S/C20H25F3N4OS.HI/c1-2-24-19(26-12-17-27-16(13-29-17)20(21,22)23)25-11-15-9-6-10-28-18(15)14-7-4-3-5-8-14;/h3-5,7-8,13,15,18H,2,6,9-12H2,1H3,(H2,24,25,26);1H. The molecule has 30 heavy (non-hydrogen) atoms. The molecule has 166 valence electrons. The second-order valence-corrected chi connectivity index (χ2v) is 7.75. The van der Waals surface area contributed by atoms with Gasteiger partial charge in [0.25, 0.3) is 0 Å². The molecule has 2 aromatic rings. The average Bonchev–Trinajstić information content (AvgIpc) is 3.21. The summed E-state index contributed by atoms with van der Waals surface area (Å²) in [5, 5.41) is 7.80. The van der Waals surface area contributed by atoms with Crippen LogP contribution in [0.3, 0.4) is 0 Å². The zero-order chi connectivity index (χ0) is 20.7. The van der Waals surface area contributed by atoms with Gasteiger partial charge in [-0.3, -0.25) is 0 Å². The molecule has 0 radical (unpaired) electrons. The van der Waals surface area contributed by atoms with Crippen LogP contribution in [0, 0.1) is 5.92 Å². The number of nitrogens with one attached hydrogen (secondary N) is 2. The van der Waals surface area contributed by atoms with E-state index in [1.54, 1.807) is 0 Å². The molecule has 1 saturated heterocycles. The largest absolute Gasteiger partial charge is 0.434 e. The fourth-order valence-electron chi connectivity index (χ4n) is 3.29. The highest BCUT2D eigenvalue weighted by molar-refractivity contribution is 14.0. The number of guanidine groups is 1. The van der Waals surface area contributed by atoms with Gasteiger partial charge in [-0.2, -0.15) is 13.2 Å². The molecule has 2 heterocycles. The third-order valence-electron chi connectivity index (χ3n) is 4.66. The molecule has 2 atom stereocenters. The lowest BCUT2D eigenvalue weighted by atomic mass is 9.89. The molecule has 1 aromatic carbocycles. The third-order valence-corrected chi connectivity index (χ3v) is 5.50. The molecule has 10 heteroatoms. The number of alkyl halides is 3. The van der Waals surface area contributed by atoms with E-state index in [0.717, 1.165) is 41.7 Å². The van der Waals surface area contributed by atoms with Crippen molar-refractivity contribution in [1.29, 1.82) is 0 Å². The van der Waals surface area contributed by atoms with E-state index in [-0.39, 0.29) is 42.5 Å². The quantitative estimate of drug-likeness (QED) is 0.300. The SMILES string of the molecule is CCNC(=NCc1nc(C(F)(F)F)cs1)NCC1CCCOC1c1ccccc1.I. The molecule has 5 nitrogen and oxygen atoms in total. The summed E-state index contributed by atoms with van der Waals surface area (Å²) >= 11 is 0.967. The van der Waals surface area contributed by atoms with Crippen molar-refractivity contribution in [2.24, 2.45) is 10.9 Å². The van der Waals surface area contributed by atoms with Gasteiger partial charge in [0.05, 0.1) is 12.6 Å². The summed E-state index contributed by atoms with van der Waals surface area (Å²) in [5.41, 5.74) is 0.291. The van der Waals surface area contributed by atoms with Gasteiger partial charge >= 0.3 is 6.18 Å². The summed E-state index contributed by atoms with van der Waals surface area (Å²) in [4.78, 5) is 8.02. The summed E-state index contributed by atoms with van der Waals surface area (Å²) in [7, 11) is 0. The molecule has 0 spiro atoms. The van der Waals surface area contributed by atoms with Crippen molar-refractivity contribution in [2.75, 3.05) is 19.7 Å². The monoisotopic (exact) mass is 554 g/mol. The summed E-state index contributed by atoms with van der Waals surface area (Å²) in [5.74, 6) is 0.848. The maximum Gasteiger partial charge on any atom is 0.434 e. The second-order valence-electron chi connectivity index (χ2n) is 6.80. The third kappa shape index (κ3) is 7.09. The van der Waals surface area contributed by atoms with E-state index < -0.39 is 11.9 Å². The molecule has 2 unspecified atom stereocenters. The molecular formula is C20H26F3IN4OS. The van der Waals surface area contributed by atoms with Crippen LogP contribution in [0.15, 0.2) is 40.7 Å². The molecule has 0 amide bonds. The number of thiazole rings is 1. The van der Waals surface area contributed by atoms with Crippen LogP contribution in [0.2, 0.25) is 0 Å². The Kier molecular flexibility index (Phi) is 9.82. The Morgan fingerprint density at radius 1 is 1.27 bits per heavy atom. The average molecular weight is 554 g/mol. The van der Waals surface area contributed by atoms with Crippen molar-refractivity contribution in [3.63, 3.8) is 0 Å². The normalized spacial score (nSPS) is 19.8. The van der Waals surface area contributed by atoms with E-state index in [1.807, 2.05) is 25.1 Å². The van der Waals surface area contributed by atoms with Crippen molar-refractivity contribution in [2.45, 2.75) is 38.6 Å². The first-order valence-corrected chi connectivity index (χ1v) is 10.6. The second kappa shape index (κ2) is 11.8. The Bertz CT molecular complexity index is 801. The number of hydrogen-bond acceptors (Lipinski definition) is 4. The van der Waals surface area contributed by atoms with E-state index in [9.17, 15) is 13.2 Å². The van der Waals surface area contributed by atoms with Crippen LogP contribution >= 0.6 is 35.3 Å². The molecule has 1 aliphatic heterocycles. The number of rotatable bonds is 6. The van der Waals surface area contributed by atoms with Gasteiger partial charge in [-0.05, 0) is 25.3 Å². The summed E-state index contributed by atoms with van der Waals surface area (Å²) in [6, 6.07) is 10.1. The van der Waals surface area contributed by atoms with Crippen LogP contribution in [0.25, 0.3) is 0 Å². The minimum atomic E-state index is -4.42. The lowest BCUT2D eigenvalue weighted by molar-refractivity contribution is -0.140. The molecule has 0 aliphatic carbocycles. The topological polar surface area (TPSA) is 58.5 Å². The Morgan fingerprint density at radius 3 is 2.70 bits per heavy atom. The highest BCUT2D eigenvalue weighted by Crippen LogP contribution is 2.33. The molecule has 2 N–H and O–H groups in total. The molecule has 0 bridgehead atoms. The zero-order valence-electron chi connectivity index (χ0n) is 16.6. The number of nitrogens with zero attached hydrogens (tertiary/aromatic N) is 2. The van der Waals surface area contributed by atoms with E-state index >= 15 is 0 Å². The number of aromatic nitrogens is 1. The maximum atomic E-state index is 12.7. The predicted molar refractivity (Wildman–Crippen MR) is 123 cm³/mol. The Balaban J connectivity index is 0.00000320. The number of benzene rings is 1. The fraction of sp³-hybridized carbons (Fsp3) is 0.500. The van der Waals surface area contributed by atoms with Gasteiger partial charge in [-0.25, -0.2) is 9.98 Å². The van der Waals surface area contributed by atoms with Crippen molar-refractivity contribution < 1.29 is 17.9 Å². The van der Waals surface area contributed by atoms with Crippen molar-refractivity contribution >= 4 is 41.3 Å². The molecule has 0 saturated carbocycles. The first-order valence-electron chi connectivity index (χ1n) is 9.67. The van der Waals surface area contributed by atoms with Crippen LogP contribution in [0.4, 0.5) is 13.2 Å². The van der Waals surface area contributed by atoms with Gasteiger partial charge in [-0.1, -0.05) is 30.3 Å². The molecule has 3 rings (SSSR count). The minimum absolute atomic E-state index is 0. The fourth-order valence-corrected chi connectivity index (χ4v) is 4.02. The highest BCUT2D eigenvalue weighted by atomic mass is 127. The Hall–Kier alpha value is -1.40. The first kappa shape index (κ1) is 24.9. The van der Waals surface area contributed by atoms with Gasteiger partial charge in [0.2, 0.25) is 0 Å². The molecule has 1 fully saturated rings. The molecule has 1 aliphatic rings. The van der Waals surface area contributed by atoms with Gasteiger partial charge in [-0.15, -0.1) is 35.3 Å². The molecule has 1 aromatic heterocycles. The van der Waals surface area contributed by atoms with Crippen molar-refractivity contribution in [1.82, 2.24) is 15.6 Å². The maximum absolute atomic E-state index is 12.7. The molecular weight excluding hydrogens is 528 g/mol. The summed E-state index contributed by atoms with van der Waals surface area (Å²) in [6.45, 7) is 4.10. The summed E-state index contributed by atoms with van der Waals surface area (Å²) in [6.07, 6.45) is -2.36. The smallest absolute Gasteiger partial charge is 0.373 e. The van der Waals surface area contributed by atoms with Crippen LogP contribution in [-0.4, -0.2) is 30.6 Å². The van der Waals surface area contributed by atoms with E-state index in [1.165, 1.54) is 0 Å². The van der Waals surface area contributed by atoms with Gasteiger partial charge in [0, 0.05) is 31.0 Å². The van der Waals surface area contributed by atoms with Crippen LogP contribution in [-0.2, 0) is 17.5 Å². The lowest BCUT2D eigenvalue weighted by Gasteiger charge is -2.32. The minimum Gasteiger partial charge on any atom is -0.373 e. The first-order chi connectivity index (χ1) is 14.0. The Morgan fingerprint density at radius 2 is 2.03 bits per heavy atom. The number of aliphatic imine (C=N–C) groups is 1. The van der Waals surface area contributed by atoms with Crippen LogP contribution in [0.5, 0.6) is 0 Å². The van der Waals surface area contributed by atoms with Crippen molar-refractivity contribution in [3.05, 3.63) is 52.0 Å². The van der Waals surface area contributed by atoms with Gasteiger partial charge < -0.3 is 15.4 Å². The predicted octanol–water partition coefficient (Wildman–Crippen LogP) is 5.00.